The first kappa shape index (κ1) is 26.4. The summed E-state index contributed by atoms with van der Waals surface area (Å²) in [5, 5.41) is 2.51. The third kappa shape index (κ3) is 5.23. The standard InChI is InChI=1S/C27H26N4O6S/c1-19-25(26(33)31(29(19)2)22-14-8-5-9-15-22)28-24(32)18-37-27(34)20-11-10-16-23(17-20)38(35,36)30(3)21-12-6-4-7-13-21/h4-17H,18H2,1-3H3,(H,28,32). The summed E-state index contributed by atoms with van der Waals surface area (Å²) in [5.74, 6) is -1.59. The summed E-state index contributed by atoms with van der Waals surface area (Å²) in [6, 6.07) is 22.8. The van der Waals surface area contributed by atoms with Crippen molar-refractivity contribution in [1.82, 2.24) is 9.36 Å². The number of ether oxygens (including phenoxy) is 1. The minimum atomic E-state index is -3.95. The molecule has 4 rings (SSSR count). The Morgan fingerprint density at radius 1 is 0.947 bits per heavy atom. The lowest BCUT2D eigenvalue weighted by Gasteiger charge is -2.19. The van der Waals surface area contributed by atoms with Crippen molar-refractivity contribution >= 4 is 33.3 Å². The molecular formula is C27H26N4O6S. The van der Waals surface area contributed by atoms with Crippen LogP contribution in [0.15, 0.2) is 94.6 Å². The van der Waals surface area contributed by atoms with Gasteiger partial charge < -0.3 is 10.1 Å². The molecule has 196 valence electrons. The van der Waals surface area contributed by atoms with Gasteiger partial charge in [0.1, 0.15) is 5.69 Å². The number of aromatic nitrogens is 2. The predicted octanol–water partition coefficient (Wildman–Crippen LogP) is 3.11. The summed E-state index contributed by atoms with van der Waals surface area (Å²) in [6.07, 6.45) is 0. The molecule has 10 nitrogen and oxygen atoms in total. The predicted molar refractivity (Wildman–Crippen MR) is 143 cm³/mol. The Bertz CT molecular complexity index is 1640. The zero-order chi connectivity index (χ0) is 27.4. The highest BCUT2D eigenvalue weighted by Crippen LogP contribution is 2.22. The minimum Gasteiger partial charge on any atom is -0.452 e. The second-order valence-corrected chi connectivity index (χ2v) is 10.4. The highest BCUT2D eigenvalue weighted by molar-refractivity contribution is 7.92. The number of amides is 1. The molecule has 0 spiro atoms. The van der Waals surface area contributed by atoms with Crippen molar-refractivity contribution in [2.24, 2.45) is 7.05 Å². The van der Waals surface area contributed by atoms with Gasteiger partial charge in [0.2, 0.25) is 0 Å². The molecule has 11 heteroatoms. The number of carbonyl (C=O) groups excluding carboxylic acids is 2. The number of esters is 1. The van der Waals surface area contributed by atoms with E-state index in [1.54, 1.807) is 73.3 Å². The number of carbonyl (C=O) groups is 2. The molecule has 0 unspecified atom stereocenters. The Balaban J connectivity index is 1.45. The third-order valence-electron chi connectivity index (χ3n) is 6.00. The molecule has 0 atom stereocenters. The molecule has 1 heterocycles. The van der Waals surface area contributed by atoms with Crippen molar-refractivity contribution in [2.75, 3.05) is 23.3 Å². The maximum atomic E-state index is 13.0. The number of anilines is 2. The molecule has 4 aromatic rings. The van der Waals surface area contributed by atoms with Crippen LogP contribution in [0.3, 0.4) is 0 Å². The molecule has 0 saturated carbocycles. The summed E-state index contributed by atoms with van der Waals surface area (Å²) >= 11 is 0. The molecule has 0 saturated heterocycles. The van der Waals surface area contributed by atoms with Gasteiger partial charge >= 0.3 is 5.97 Å². The SMILES string of the molecule is Cc1c(NC(=O)COC(=O)c2cccc(S(=O)(=O)N(C)c3ccccc3)c2)c(=O)n(-c2ccccc2)n1C. The van der Waals surface area contributed by atoms with Gasteiger partial charge in [-0.3, -0.25) is 18.6 Å². The first-order valence-corrected chi connectivity index (χ1v) is 13.0. The lowest BCUT2D eigenvalue weighted by molar-refractivity contribution is -0.119. The van der Waals surface area contributed by atoms with Gasteiger partial charge in [-0.2, -0.15) is 0 Å². The van der Waals surface area contributed by atoms with E-state index < -0.39 is 34.1 Å². The van der Waals surface area contributed by atoms with E-state index in [1.807, 2.05) is 6.07 Å². The fourth-order valence-electron chi connectivity index (χ4n) is 3.82. The Kier molecular flexibility index (Phi) is 7.49. The second kappa shape index (κ2) is 10.8. The monoisotopic (exact) mass is 534 g/mol. The van der Waals surface area contributed by atoms with Gasteiger partial charge in [-0.25, -0.2) is 17.9 Å². The summed E-state index contributed by atoms with van der Waals surface area (Å²) in [5.41, 5.74) is 1.19. The van der Waals surface area contributed by atoms with Crippen molar-refractivity contribution in [2.45, 2.75) is 11.8 Å². The minimum absolute atomic E-state index is 0.0392. The molecule has 0 aliphatic rings. The Hall–Kier alpha value is -4.64. The van der Waals surface area contributed by atoms with Gasteiger partial charge in [-0.1, -0.05) is 42.5 Å². The van der Waals surface area contributed by atoms with Gasteiger partial charge in [-0.05, 0) is 49.4 Å². The van der Waals surface area contributed by atoms with Crippen LogP contribution in [0.4, 0.5) is 11.4 Å². The number of sulfonamides is 1. The smallest absolute Gasteiger partial charge is 0.338 e. The normalized spacial score (nSPS) is 11.1. The van der Waals surface area contributed by atoms with E-state index in [9.17, 15) is 22.8 Å². The molecule has 0 aliphatic heterocycles. The number of hydrogen-bond donors (Lipinski definition) is 1. The van der Waals surface area contributed by atoms with Crippen molar-refractivity contribution in [3.05, 3.63) is 107 Å². The summed E-state index contributed by atoms with van der Waals surface area (Å²) < 4.78 is 35.3. The lowest BCUT2D eigenvalue weighted by Crippen LogP contribution is -2.27. The number of nitrogens with zero attached hydrogens (tertiary/aromatic N) is 3. The van der Waals surface area contributed by atoms with Crippen molar-refractivity contribution in [3.63, 3.8) is 0 Å². The molecule has 3 aromatic carbocycles. The zero-order valence-corrected chi connectivity index (χ0v) is 21.8. The largest absolute Gasteiger partial charge is 0.452 e. The highest BCUT2D eigenvalue weighted by atomic mass is 32.2. The highest BCUT2D eigenvalue weighted by Gasteiger charge is 2.23. The maximum absolute atomic E-state index is 13.0. The fraction of sp³-hybridized carbons (Fsp3) is 0.148. The molecule has 0 aliphatic carbocycles. The molecule has 0 bridgehead atoms. The topological polar surface area (TPSA) is 120 Å². The average Bonchev–Trinajstić information content (AvgIpc) is 3.15. The van der Waals surface area contributed by atoms with Crippen LogP contribution in [0.2, 0.25) is 0 Å². The van der Waals surface area contributed by atoms with Crippen LogP contribution in [-0.4, -0.2) is 43.3 Å². The van der Waals surface area contributed by atoms with Crippen molar-refractivity contribution < 1.29 is 22.7 Å². The van der Waals surface area contributed by atoms with E-state index in [2.05, 4.69) is 5.32 Å². The van der Waals surface area contributed by atoms with E-state index in [0.717, 1.165) is 4.31 Å². The summed E-state index contributed by atoms with van der Waals surface area (Å²) in [6.45, 7) is 1.01. The molecule has 0 radical (unpaired) electrons. The average molecular weight is 535 g/mol. The Morgan fingerprint density at radius 3 is 2.24 bits per heavy atom. The Labute approximate surface area is 219 Å². The molecule has 0 fully saturated rings. The van der Waals surface area contributed by atoms with Crippen molar-refractivity contribution in [3.8, 4) is 5.69 Å². The van der Waals surface area contributed by atoms with Crippen LogP contribution >= 0.6 is 0 Å². The van der Waals surface area contributed by atoms with E-state index in [4.69, 9.17) is 4.74 Å². The van der Waals surface area contributed by atoms with Gasteiger partial charge in [-0.15, -0.1) is 0 Å². The summed E-state index contributed by atoms with van der Waals surface area (Å²) in [7, 11) is -0.843. The number of rotatable bonds is 8. The van der Waals surface area contributed by atoms with Gasteiger partial charge in [0.15, 0.2) is 6.61 Å². The van der Waals surface area contributed by atoms with Crippen molar-refractivity contribution in [1.29, 1.82) is 0 Å². The lowest BCUT2D eigenvalue weighted by atomic mass is 10.2. The van der Waals surface area contributed by atoms with Gasteiger partial charge in [0, 0.05) is 14.1 Å². The number of hydrogen-bond acceptors (Lipinski definition) is 6. The first-order chi connectivity index (χ1) is 18.1. The van der Waals surface area contributed by atoms with E-state index >= 15 is 0 Å². The Morgan fingerprint density at radius 2 is 1.58 bits per heavy atom. The van der Waals surface area contributed by atoms with Gasteiger partial charge in [0.25, 0.3) is 21.5 Å². The molecule has 1 aromatic heterocycles. The second-order valence-electron chi connectivity index (χ2n) is 8.40. The number of para-hydroxylation sites is 2. The number of nitrogens with one attached hydrogen (secondary N) is 1. The van der Waals surface area contributed by atoms with Crippen LogP contribution in [0.1, 0.15) is 16.1 Å². The van der Waals surface area contributed by atoms with E-state index in [0.29, 0.717) is 17.1 Å². The van der Waals surface area contributed by atoms with E-state index in [-0.39, 0.29) is 16.1 Å². The van der Waals surface area contributed by atoms with Crippen LogP contribution in [0, 0.1) is 6.92 Å². The fourth-order valence-corrected chi connectivity index (χ4v) is 5.06. The maximum Gasteiger partial charge on any atom is 0.338 e. The van der Waals surface area contributed by atoms with Crippen LogP contribution in [0.25, 0.3) is 5.69 Å². The zero-order valence-electron chi connectivity index (χ0n) is 21.0. The summed E-state index contributed by atoms with van der Waals surface area (Å²) in [4.78, 5) is 38.0. The van der Waals surface area contributed by atoms with Crippen LogP contribution in [0.5, 0.6) is 0 Å². The van der Waals surface area contributed by atoms with Gasteiger partial charge in [0.05, 0.1) is 27.5 Å². The first-order valence-electron chi connectivity index (χ1n) is 11.6. The van der Waals surface area contributed by atoms with Crippen LogP contribution < -0.4 is 15.2 Å². The molecule has 38 heavy (non-hydrogen) atoms. The molecule has 1 N–H and O–H groups in total. The molecular weight excluding hydrogens is 508 g/mol. The number of benzene rings is 3. The molecule has 1 amide bonds. The van der Waals surface area contributed by atoms with Crippen LogP contribution in [-0.2, 0) is 26.6 Å². The third-order valence-corrected chi connectivity index (χ3v) is 7.78. The quantitative estimate of drug-likeness (QED) is 0.347. The van der Waals surface area contributed by atoms with E-state index in [1.165, 1.54) is 36.0 Å².